The minimum Gasteiger partial charge on any atom is -0.444 e. The highest BCUT2D eigenvalue weighted by molar-refractivity contribution is 5.94. The maximum atomic E-state index is 12.3. The van der Waals surface area contributed by atoms with Gasteiger partial charge in [0.2, 0.25) is 0 Å². The normalized spacial score (nSPS) is 15.7. The molecule has 0 unspecified atom stereocenters. The average molecular weight is 374 g/mol. The first kappa shape index (κ1) is 19.1. The van der Waals surface area contributed by atoms with Crippen LogP contribution in [0.2, 0.25) is 0 Å². The number of ether oxygens (including phenoxy) is 1. The number of piperazine rings is 1. The Morgan fingerprint density at radius 3 is 2.63 bits per heavy atom. The molecule has 0 aliphatic carbocycles. The second kappa shape index (κ2) is 7.91. The van der Waals surface area contributed by atoms with Crippen molar-refractivity contribution in [3.8, 4) is 0 Å². The Morgan fingerprint density at radius 1 is 1.19 bits per heavy atom. The molecule has 1 fully saturated rings. The minimum atomic E-state index is -0.478. The van der Waals surface area contributed by atoms with E-state index in [1.807, 2.05) is 20.8 Å². The average Bonchev–Trinajstić information content (AvgIpc) is 3.08. The molecule has 1 aliphatic rings. The Kier molecular flexibility index (Phi) is 5.59. The number of carbonyl (C=O) groups excluding carboxylic acids is 2. The van der Waals surface area contributed by atoms with Gasteiger partial charge in [0.15, 0.2) is 5.65 Å². The lowest BCUT2D eigenvalue weighted by Gasteiger charge is -2.35. The van der Waals surface area contributed by atoms with Crippen LogP contribution in [0.3, 0.4) is 0 Å². The molecule has 1 saturated heterocycles. The number of nitrogens with zero attached hydrogens (tertiary/aromatic N) is 5. The number of fused-ring (bicyclic) bond motifs is 1. The second-order valence-electron chi connectivity index (χ2n) is 7.58. The molecule has 2 amide bonds. The van der Waals surface area contributed by atoms with Crippen molar-refractivity contribution in [2.24, 2.45) is 0 Å². The molecule has 27 heavy (non-hydrogen) atoms. The van der Waals surface area contributed by atoms with Crippen molar-refractivity contribution in [3.05, 3.63) is 30.2 Å². The van der Waals surface area contributed by atoms with Gasteiger partial charge >= 0.3 is 6.09 Å². The summed E-state index contributed by atoms with van der Waals surface area (Å²) >= 11 is 0. The minimum absolute atomic E-state index is 0.127. The first-order valence-electron chi connectivity index (χ1n) is 9.10. The van der Waals surface area contributed by atoms with Crippen molar-refractivity contribution in [3.63, 3.8) is 0 Å². The number of hydrogen-bond donors (Lipinski definition) is 1. The van der Waals surface area contributed by atoms with Gasteiger partial charge in [0.05, 0.1) is 5.56 Å². The van der Waals surface area contributed by atoms with E-state index in [-0.39, 0.29) is 12.0 Å². The van der Waals surface area contributed by atoms with Crippen molar-refractivity contribution in [1.29, 1.82) is 0 Å². The Balaban J connectivity index is 1.40. The molecule has 0 bridgehead atoms. The van der Waals surface area contributed by atoms with Gasteiger partial charge in [-0.05, 0) is 32.9 Å². The van der Waals surface area contributed by atoms with Crippen LogP contribution in [0.1, 0.15) is 31.1 Å². The van der Waals surface area contributed by atoms with Gasteiger partial charge in [-0.3, -0.25) is 14.1 Å². The second-order valence-corrected chi connectivity index (χ2v) is 7.58. The SMILES string of the molecule is CC(C)(C)OC(=O)N1CCN(CCNC(=O)c2ccc3nncn3c2)CC1. The smallest absolute Gasteiger partial charge is 0.410 e. The monoisotopic (exact) mass is 374 g/mol. The zero-order valence-electron chi connectivity index (χ0n) is 16.0. The van der Waals surface area contributed by atoms with Gasteiger partial charge in [-0.25, -0.2) is 4.79 Å². The summed E-state index contributed by atoms with van der Waals surface area (Å²) < 4.78 is 7.11. The highest BCUT2D eigenvalue weighted by atomic mass is 16.6. The Morgan fingerprint density at radius 2 is 1.93 bits per heavy atom. The van der Waals surface area contributed by atoms with Crippen LogP contribution in [0, 0.1) is 0 Å². The number of nitrogens with one attached hydrogen (secondary N) is 1. The summed E-state index contributed by atoms with van der Waals surface area (Å²) in [6.07, 6.45) is 3.01. The van der Waals surface area contributed by atoms with Crippen molar-refractivity contribution in [1.82, 2.24) is 29.7 Å². The summed E-state index contributed by atoms with van der Waals surface area (Å²) in [5, 5.41) is 10.6. The Bertz CT molecular complexity index is 805. The Hall–Kier alpha value is -2.68. The molecule has 0 radical (unpaired) electrons. The van der Waals surface area contributed by atoms with Crippen LogP contribution in [0.15, 0.2) is 24.7 Å². The number of amides is 2. The quantitative estimate of drug-likeness (QED) is 0.859. The van der Waals surface area contributed by atoms with E-state index in [4.69, 9.17) is 4.74 Å². The topological polar surface area (TPSA) is 92.1 Å². The molecular weight excluding hydrogens is 348 g/mol. The number of pyridine rings is 1. The van der Waals surface area contributed by atoms with Crippen molar-refractivity contribution in [2.75, 3.05) is 39.3 Å². The standard InChI is InChI=1S/C18H26N6O3/c1-18(2,3)27-17(26)23-10-8-22(9-11-23)7-6-19-16(25)14-4-5-15-21-20-13-24(15)12-14/h4-5,12-13H,6-11H2,1-3H3,(H,19,25). The number of rotatable bonds is 4. The fourth-order valence-corrected chi connectivity index (χ4v) is 2.87. The van der Waals surface area contributed by atoms with Crippen LogP contribution in [0.4, 0.5) is 4.79 Å². The lowest BCUT2D eigenvalue weighted by Crippen LogP contribution is -2.51. The third-order valence-corrected chi connectivity index (χ3v) is 4.29. The van der Waals surface area contributed by atoms with Gasteiger partial charge in [0, 0.05) is 45.5 Å². The van der Waals surface area contributed by atoms with Crippen LogP contribution >= 0.6 is 0 Å². The van der Waals surface area contributed by atoms with Crippen LogP contribution in [0.5, 0.6) is 0 Å². The number of carbonyl (C=O) groups is 2. The summed E-state index contributed by atoms with van der Waals surface area (Å²) in [5.41, 5.74) is 0.792. The van der Waals surface area contributed by atoms with Gasteiger partial charge in [-0.2, -0.15) is 0 Å². The largest absolute Gasteiger partial charge is 0.444 e. The molecule has 9 nitrogen and oxygen atoms in total. The maximum Gasteiger partial charge on any atom is 0.410 e. The fourth-order valence-electron chi connectivity index (χ4n) is 2.87. The third kappa shape index (κ3) is 5.16. The van der Waals surface area contributed by atoms with Gasteiger partial charge in [0.1, 0.15) is 11.9 Å². The van der Waals surface area contributed by atoms with Crippen molar-refractivity contribution >= 4 is 17.6 Å². The fraction of sp³-hybridized carbons (Fsp3) is 0.556. The highest BCUT2D eigenvalue weighted by Gasteiger charge is 2.25. The van der Waals surface area contributed by atoms with E-state index >= 15 is 0 Å². The summed E-state index contributed by atoms with van der Waals surface area (Å²) in [4.78, 5) is 28.3. The van der Waals surface area contributed by atoms with Gasteiger partial charge in [-0.1, -0.05) is 0 Å². The lowest BCUT2D eigenvalue weighted by atomic mass is 10.2. The molecule has 0 aromatic carbocycles. The molecule has 1 aliphatic heterocycles. The predicted octanol–water partition coefficient (Wildman–Crippen LogP) is 1.01. The van der Waals surface area contributed by atoms with Crippen LogP contribution in [-0.2, 0) is 4.74 Å². The molecule has 3 heterocycles. The van der Waals surface area contributed by atoms with E-state index in [0.717, 1.165) is 19.6 Å². The van der Waals surface area contributed by atoms with Crippen molar-refractivity contribution in [2.45, 2.75) is 26.4 Å². The molecule has 0 saturated carbocycles. The van der Waals surface area contributed by atoms with Gasteiger partial charge < -0.3 is 15.0 Å². The lowest BCUT2D eigenvalue weighted by molar-refractivity contribution is 0.0147. The molecule has 2 aromatic heterocycles. The molecule has 3 rings (SSSR count). The Labute approximate surface area is 158 Å². The number of aromatic nitrogens is 3. The van der Waals surface area contributed by atoms with Gasteiger partial charge in [-0.15, -0.1) is 10.2 Å². The van der Waals surface area contributed by atoms with Crippen LogP contribution < -0.4 is 5.32 Å². The summed E-state index contributed by atoms with van der Waals surface area (Å²) in [6.45, 7) is 9.68. The van der Waals surface area contributed by atoms with E-state index in [9.17, 15) is 9.59 Å². The molecule has 146 valence electrons. The molecule has 9 heteroatoms. The van der Waals surface area contributed by atoms with Gasteiger partial charge in [0.25, 0.3) is 5.91 Å². The number of hydrogen-bond acceptors (Lipinski definition) is 6. The molecular formula is C18H26N6O3. The summed E-state index contributed by atoms with van der Waals surface area (Å²) in [7, 11) is 0. The van der Waals surface area contributed by atoms with E-state index in [0.29, 0.717) is 30.8 Å². The maximum absolute atomic E-state index is 12.3. The highest BCUT2D eigenvalue weighted by Crippen LogP contribution is 2.11. The molecule has 1 N–H and O–H groups in total. The predicted molar refractivity (Wildman–Crippen MR) is 99.6 cm³/mol. The first-order valence-corrected chi connectivity index (χ1v) is 9.10. The van der Waals surface area contributed by atoms with E-state index in [1.165, 1.54) is 0 Å². The summed E-state index contributed by atoms with van der Waals surface area (Å²) in [6, 6.07) is 3.50. The summed E-state index contributed by atoms with van der Waals surface area (Å²) in [5.74, 6) is -0.127. The zero-order chi connectivity index (χ0) is 19.4. The molecule has 2 aromatic rings. The van der Waals surface area contributed by atoms with E-state index in [1.54, 1.807) is 34.0 Å². The molecule has 0 atom stereocenters. The van der Waals surface area contributed by atoms with Crippen molar-refractivity contribution < 1.29 is 14.3 Å². The third-order valence-electron chi connectivity index (χ3n) is 4.29. The molecule has 0 spiro atoms. The van der Waals surface area contributed by atoms with Crippen LogP contribution in [-0.4, -0.2) is 81.3 Å². The van der Waals surface area contributed by atoms with E-state index < -0.39 is 5.60 Å². The van der Waals surface area contributed by atoms with Crippen LogP contribution in [0.25, 0.3) is 5.65 Å². The zero-order valence-corrected chi connectivity index (χ0v) is 16.0. The van der Waals surface area contributed by atoms with E-state index in [2.05, 4.69) is 20.4 Å². The first-order chi connectivity index (χ1) is 12.8.